The number of carboxylic acids is 1. The minimum atomic E-state index is -1.08. The number of fused-ring (bicyclic) bond motifs is 1. The van der Waals surface area contributed by atoms with Gasteiger partial charge in [-0.25, -0.2) is 5.01 Å². The van der Waals surface area contributed by atoms with Crippen molar-refractivity contribution in [3.63, 3.8) is 0 Å². The number of carbonyl (C=O) groups is 2. The minimum absolute atomic E-state index is 0.226. The van der Waals surface area contributed by atoms with Crippen molar-refractivity contribution in [1.29, 1.82) is 0 Å². The maximum Gasteiger partial charge on any atom is 0.303 e. The second-order valence-corrected chi connectivity index (χ2v) is 9.33. The number of aromatic nitrogens is 1. The standard InChI is InChI=1S/C29H24ClN3O5/c1-38-24-9-5-3-7-20(24)23-16-22(32-33(23)25(34)14-15-26(35)36)28-27(17-10-12-18(30)13-11-17)19-6-2-4-8-21(19)31-29(28)37/h2-13,23H,14-16H2,1H3,(H,31,37)(H,35,36). The average molecular weight is 530 g/mol. The maximum atomic E-state index is 13.6. The molecule has 0 radical (unpaired) electrons. The van der Waals surface area contributed by atoms with Gasteiger partial charge in [-0.1, -0.05) is 60.1 Å². The van der Waals surface area contributed by atoms with Gasteiger partial charge in [0, 0.05) is 39.9 Å². The minimum Gasteiger partial charge on any atom is -0.496 e. The van der Waals surface area contributed by atoms with E-state index in [0.717, 1.165) is 10.9 Å². The van der Waals surface area contributed by atoms with Crippen molar-refractivity contribution in [2.45, 2.75) is 25.3 Å². The summed E-state index contributed by atoms with van der Waals surface area (Å²) in [4.78, 5) is 40.9. The van der Waals surface area contributed by atoms with E-state index in [1.807, 2.05) is 54.6 Å². The van der Waals surface area contributed by atoms with Gasteiger partial charge in [-0.05, 0) is 29.8 Å². The van der Waals surface area contributed by atoms with Crippen LogP contribution >= 0.6 is 11.6 Å². The molecule has 9 heteroatoms. The number of rotatable bonds is 7. The summed E-state index contributed by atoms with van der Waals surface area (Å²) >= 11 is 6.15. The number of pyridine rings is 1. The van der Waals surface area contributed by atoms with E-state index in [9.17, 15) is 14.4 Å². The van der Waals surface area contributed by atoms with Crippen LogP contribution < -0.4 is 10.3 Å². The predicted octanol–water partition coefficient (Wildman–Crippen LogP) is 5.40. The smallest absolute Gasteiger partial charge is 0.303 e. The van der Waals surface area contributed by atoms with E-state index >= 15 is 0 Å². The quantitative estimate of drug-likeness (QED) is 0.333. The number of methoxy groups -OCH3 is 1. The summed E-state index contributed by atoms with van der Waals surface area (Å²) in [7, 11) is 1.54. The molecule has 3 aromatic carbocycles. The van der Waals surface area contributed by atoms with Gasteiger partial charge in [0.1, 0.15) is 5.75 Å². The van der Waals surface area contributed by atoms with E-state index in [-0.39, 0.29) is 24.8 Å². The Balaban J connectivity index is 1.70. The molecule has 1 atom stereocenters. The molecule has 1 unspecified atom stereocenters. The number of hydrazone groups is 1. The third-order valence-corrected chi connectivity index (χ3v) is 6.81. The van der Waals surface area contributed by atoms with Gasteiger partial charge in [0.15, 0.2) is 0 Å². The summed E-state index contributed by atoms with van der Waals surface area (Å²) in [6.07, 6.45) is -0.317. The highest BCUT2D eigenvalue weighted by Crippen LogP contribution is 2.40. The third-order valence-electron chi connectivity index (χ3n) is 6.56. The Labute approximate surface area is 223 Å². The molecular formula is C29H24ClN3O5. The van der Waals surface area contributed by atoms with Gasteiger partial charge in [-0.2, -0.15) is 5.10 Å². The number of ether oxygens (including phenoxy) is 1. The Morgan fingerprint density at radius 2 is 1.74 bits per heavy atom. The van der Waals surface area contributed by atoms with Crippen LogP contribution in [0.2, 0.25) is 5.02 Å². The van der Waals surface area contributed by atoms with Gasteiger partial charge in [0.25, 0.3) is 5.56 Å². The Kier molecular flexibility index (Phi) is 6.98. The Bertz CT molecular complexity index is 1630. The summed E-state index contributed by atoms with van der Waals surface area (Å²) in [5.41, 5.74) is 3.26. The molecule has 2 heterocycles. The molecule has 8 nitrogen and oxygen atoms in total. The van der Waals surface area contributed by atoms with Gasteiger partial charge in [-0.3, -0.25) is 14.4 Å². The maximum absolute atomic E-state index is 13.6. The largest absolute Gasteiger partial charge is 0.496 e. The van der Waals surface area contributed by atoms with Crippen LogP contribution in [0.25, 0.3) is 22.0 Å². The first kappa shape index (κ1) is 25.2. The van der Waals surface area contributed by atoms with Crippen molar-refractivity contribution in [3.05, 3.63) is 99.3 Å². The molecule has 0 aliphatic carbocycles. The van der Waals surface area contributed by atoms with E-state index in [4.69, 9.17) is 21.4 Å². The van der Waals surface area contributed by atoms with Crippen molar-refractivity contribution >= 4 is 40.1 Å². The normalized spacial score (nSPS) is 14.9. The van der Waals surface area contributed by atoms with Crippen LogP contribution in [0, 0.1) is 0 Å². The van der Waals surface area contributed by atoms with Crippen LogP contribution in [0.1, 0.15) is 36.4 Å². The number of nitrogens with zero attached hydrogens (tertiary/aromatic N) is 2. The second-order valence-electron chi connectivity index (χ2n) is 8.90. The number of halogens is 1. The molecule has 1 aliphatic rings. The number of hydrogen-bond acceptors (Lipinski definition) is 5. The number of carboxylic acid groups (broad SMARTS) is 1. The lowest BCUT2D eigenvalue weighted by molar-refractivity contribution is -0.141. The molecule has 0 saturated carbocycles. The summed E-state index contributed by atoms with van der Waals surface area (Å²) in [6.45, 7) is 0. The average Bonchev–Trinajstić information content (AvgIpc) is 3.36. The molecule has 1 aromatic heterocycles. The predicted molar refractivity (Wildman–Crippen MR) is 146 cm³/mol. The zero-order valence-corrected chi connectivity index (χ0v) is 21.2. The summed E-state index contributed by atoms with van der Waals surface area (Å²) < 4.78 is 5.55. The van der Waals surface area contributed by atoms with Gasteiger partial charge in [0.05, 0.1) is 30.8 Å². The van der Waals surface area contributed by atoms with E-state index in [0.29, 0.717) is 38.7 Å². The fraction of sp³-hybridized carbons (Fsp3) is 0.172. The highest BCUT2D eigenvalue weighted by atomic mass is 35.5. The lowest BCUT2D eigenvalue weighted by Crippen LogP contribution is -2.27. The Morgan fingerprint density at radius 1 is 1.03 bits per heavy atom. The number of nitrogens with one attached hydrogen (secondary N) is 1. The van der Waals surface area contributed by atoms with E-state index < -0.39 is 17.9 Å². The van der Waals surface area contributed by atoms with Gasteiger partial charge >= 0.3 is 5.97 Å². The molecule has 1 amide bonds. The summed E-state index contributed by atoms with van der Waals surface area (Å²) in [5, 5.41) is 16.5. The number of hydrogen-bond donors (Lipinski definition) is 2. The Morgan fingerprint density at radius 3 is 2.47 bits per heavy atom. The number of carbonyl (C=O) groups excluding carboxylic acids is 1. The molecule has 0 saturated heterocycles. The van der Waals surface area contributed by atoms with Crippen LogP contribution in [0.3, 0.4) is 0 Å². The second kappa shape index (κ2) is 10.5. The van der Waals surface area contributed by atoms with Crippen molar-refractivity contribution in [2.75, 3.05) is 7.11 Å². The van der Waals surface area contributed by atoms with Crippen LogP contribution in [0.4, 0.5) is 0 Å². The van der Waals surface area contributed by atoms with Crippen molar-refractivity contribution in [2.24, 2.45) is 5.10 Å². The molecular weight excluding hydrogens is 506 g/mol. The molecule has 5 rings (SSSR count). The number of amides is 1. The van der Waals surface area contributed by atoms with Crippen molar-refractivity contribution in [3.8, 4) is 16.9 Å². The number of para-hydroxylation sites is 2. The van der Waals surface area contributed by atoms with Crippen LogP contribution in [0.5, 0.6) is 5.75 Å². The van der Waals surface area contributed by atoms with E-state index in [1.54, 1.807) is 25.3 Å². The number of benzene rings is 3. The SMILES string of the molecule is COc1ccccc1C1CC(c2c(-c3ccc(Cl)cc3)c3ccccc3[nH]c2=O)=NN1C(=O)CCC(=O)O. The van der Waals surface area contributed by atoms with Crippen LogP contribution in [0.15, 0.2) is 82.7 Å². The van der Waals surface area contributed by atoms with Crippen molar-refractivity contribution < 1.29 is 19.4 Å². The van der Waals surface area contributed by atoms with Gasteiger partial charge in [0.2, 0.25) is 5.91 Å². The van der Waals surface area contributed by atoms with E-state index in [1.165, 1.54) is 5.01 Å². The molecule has 0 spiro atoms. The summed E-state index contributed by atoms with van der Waals surface area (Å²) in [6, 6.07) is 21.4. The van der Waals surface area contributed by atoms with E-state index in [2.05, 4.69) is 10.1 Å². The molecule has 1 aliphatic heterocycles. The molecule has 38 heavy (non-hydrogen) atoms. The van der Waals surface area contributed by atoms with Gasteiger partial charge < -0.3 is 14.8 Å². The number of H-pyrrole nitrogens is 1. The first-order valence-corrected chi connectivity index (χ1v) is 12.4. The van der Waals surface area contributed by atoms with Crippen LogP contribution in [-0.4, -0.2) is 39.8 Å². The summed E-state index contributed by atoms with van der Waals surface area (Å²) in [5.74, 6) is -0.967. The fourth-order valence-corrected chi connectivity index (χ4v) is 4.96. The third kappa shape index (κ3) is 4.78. The first-order valence-electron chi connectivity index (χ1n) is 12.0. The molecule has 4 aromatic rings. The van der Waals surface area contributed by atoms with Gasteiger partial charge in [-0.15, -0.1) is 0 Å². The molecule has 0 bridgehead atoms. The first-order chi connectivity index (χ1) is 18.4. The highest BCUT2D eigenvalue weighted by molar-refractivity contribution is 6.30. The lowest BCUT2D eigenvalue weighted by Gasteiger charge is -2.23. The molecule has 2 N–H and O–H groups in total. The fourth-order valence-electron chi connectivity index (χ4n) is 4.84. The highest BCUT2D eigenvalue weighted by Gasteiger charge is 2.36. The molecule has 192 valence electrons. The topological polar surface area (TPSA) is 112 Å². The lowest BCUT2D eigenvalue weighted by atomic mass is 9.91. The zero-order chi connectivity index (χ0) is 26.8. The zero-order valence-electron chi connectivity index (χ0n) is 20.5. The monoisotopic (exact) mass is 529 g/mol. The van der Waals surface area contributed by atoms with Crippen molar-refractivity contribution in [1.82, 2.24) is 9.99 Å². The molecule has 0 fully saturated rings. The number of aromatic amines is 1. The number of aliphatic carboxylic acids is 1. The van der Waals surface area contributed by atoms with Crippen LogP contribution in [-0.2, 0) is 9.59 Å². The Hall–Kier alpha value is -4.43.